The highest BCUT2D eigenvalue weighted by atomic mass is 16.4. The van der Waals surface area contributed by atoms with Gasteiger partial charge in [0.15, 0.2) is 0 Å². The average molecular weight is 255 g/mol. The van der Waals surface area contributed by atoms with Crippen molar-refractivity contribution in [2.24, 2.45) is 5.73 Å². The van der Waals surface area contributed by atoms with Gasteiger partial charge in [-0.15, -0.1) is 6.42 Å². The first kappa shape index (κ1) is 15.8. The maximum atomic E-state index is 11.7. The molecule has 0 saturated heterocycles. The van der Waals surface area contributed by atoms with Gasteiger partial charge >= 0.3 is 12.0 Å². The Morgan fingerprint density at radius 3 is 2.50 bits per heavy atom. The molecule has 0 unspecified atom stereocenters. The number of nitrogens with two attached hydrogens (primary N) is 1. The minimum absolute atomic E-state index is 0.0516. The lowest BCUT2D eigenvalue weighted by Gasteiger charge is -2.21. The molecule has 0 radical (unpaired) electrons. The van der Waals surface area contributed by atoms with E-state index < -0.39 is 23.9 Å². The van der Waals surface area contributed by atoms with Crippen LogP contribution in [0.25, 0.3) is 0 Å². The van der Waals surface area contributed by atoms with Gasteiger partial charge in [0.25, 0.3) is 0 Å². The molecular formula is C11H17N3O4. The Kier molecular flexibility index (Phi) is 6.96. The minimum Gasteiger partial charge on any atom is -0.480 e. The number of aliphatic carboxylic acids is 1. The van der Waals surface area contributed by atoms with Crippen molar-refractivity contribution in [2.75, 3.05) is 13.1 Å². The van der Waals surface area contributed by atoms with E-state index in [0.29, 0.717) is 6.54 Å². The fourth-order valence-corrected chi connectivity index (χ4v) is 1.22. The van der Waals surface area contributed by atoms with E-state index in [2.05, 4.69) is 11.2 Å². The molecular weight excluding hydrogens is 238 g/mol. The van der Waals surface area contributed by atoms with Gasteiger partial charge in [-0.2, -0.15) is 0 Å². The van der Waals surface area contributed by atoms with Crippen LogP contribution < -0.4 is 11.1 Å². The predicted molar refractivity (Wildman–Crippen MR) is 64.5 cm³/mol. The van der Waals surface area contributed by atoms with E-state index in [9.17, 15) is 14.4 Å². The molecule has 0 aliphatic carbocycles. The van der Waals surface area contributed by atoms with Crippen molar-refractivity contribution in [3.63, 3.8) is 0 Å². The van der Waals surface area contributed by atoms with E-state index in [1.54, 1.807) is 6.92 Å². The van der Waals surface area contributed by atoms with Gasteiger partial charge in [-0.1, -0.05) is 5.92 Å². The third-order valence-electron chi connectivity index (χ3n) is 2.23. The molecule has 1 atom stereocenters. The smallest absolute Gasteiger partial charge is 0.326 e. The van der Waals surface area contributed by atoms with Crippen LogP contribution in [0.5, 0.6) is 0 Å². The number of nitrogens with zero attached hydrogens (tertiary/aromatic N) is 1. The Balaban J connectivity index is 4.48. The van der Waals surface area contributed by atoms with E-state index >= 15 is 0 Å². The third kappa shape index (κ3) is 5.75. The first-order valence-corrected chi connectivity index (χ1v) is 5.42. The Morgan fingerprint density at radius 2 is 2.11 bits per heavy atom. The zero-order valence-corrected chi connectivity index (χ0v) is 10.2. The van der Waals surface area contributed by atoms with Crippen LogP contribution in [0.4, 0.5) is 4.79 Å². The second kappa shape index (κ2) is 7.95. The van der Waals surface area contributed by atoms with Gasteiger partial charge in [0.05, 0.1) is 6.54 Å². The van der Waals surface area contributed by atoms with Gasteiger partial charge in [-0.05, 0) is 13.3 Å². The highest BCUT2D eigenvalue weighted by molar-refractivity contribution is 5.83. The van der Waals surface area contributed by atoms with Crippen molar-refractivity contribution in [1.82, 2.24) is 10.2 Å². The number of carboxylic acid groups (broad SMARTS) is 1. The number of carbonyl (C=O) groups excluding carboxylic acids is 2. The minimum atomic E-state index is -1.22. The quantitative estimate of drug-likeness (QED) is 0.525. The van der Waals surface area contributed by atoms with Gasteiger partial charge in [0.1, 0.15) is 6.04 Å². The molecule has 0 aliphatic heterocycles. The van der Waals surface area contributed by atoms with E-state index in [-0.39, 0.29) is 19.4 Å². The average Bonchev–Trinajstić information content (AvgIpc) is 2.30. The third-order valence-corrected chi connectivity index (χ3v) is 2.23. The second-order valence-electron chi connectivity index (χ2n) is 3.56. The number of primary amides is 1. The molecule has 100 valence electrons. The maximum Gasteiger partial charge on any atom is 0.326 e. The molecule has 0 aromatic heterocycles. The number of amides is 3. The van der Waals surface area contributed by atoms with Crippen molar-refractivity contribution < 1.29 is 19.5 Å². The van der Waals surface area contributed by atoms with Crippen LogP contribution in [0.1, 0.15) is 19.8 Å². The number of rotatable bonds is 7. The topological polar surface area (TPSA) is 113 Å². The first-order chi connectivity index (χ1) is 8.42. The molecule has 0 spiro atoms. The molecule has 0 bridgehead atoms. The fraction of sp³-hybridized carbons (Fsp3) is 0.545. The standard InChI is InChI=1S/C11H17N3O4/c1-3-7-14(4-2)11(18)13-8(10(16)17)5-6-9(12)15/h1,8H,4-7H2,2H3,(H2,12,15)(H,13,18)(H,16,17)/t8-/m0/s1. The summed E-state index contributed by atoms with van der Waals surface area (Å²) in [6.45, 7) is 2.17. The predicted octanol–water partition coefficient (Wildman–Crippen LogP) is -0.630. The van der Waals surface area contributed by atoms with Gasteiger partial charge in [-0.3, -0.25) is 4.79 Å². The van der Waals surface area contributed by atoms with Crippen molar-refractivity contribution in [1.29, 1.82) is 0 Å². The molecule has 18 heavy (non-hydrogen) atoms. The number of hydrogen-bond acceptors (Lipinski definition) is 3. The summed E-state index contributed by atoms with van der Waals surface area (Å²) in [4.78, 5) is 34.4. The van der Waals surface area contributed by atoms with Gasteiger partial charge in [0, 0.05) is 13.0 Å². The van der Waals surface area contributed by atoms with E-state index in [0.717, 1.165) is 0 Å². The summed E-state index contributed by atoms with van der Waals surface area (Å²) in [6.07, 6.45) is 4.92. The number of carboxylic acids is 1. The summed E-state index contributed by atoms with van der Waals surface area (Å²) >= 11 is 0. The van der Waals surface area contributed by atoms with Gasteiger partial charge in [0.2, 0.25) is 5.91 Å². The first-order valence-electron chi connectivity index (χ1n) is 5.42. The van der Waals surface area contributed by atoms with Crippen LogP contribution in [-0.2, 0) is 9.59 Å². The SMILES string of the molecule is C#CCN(CC)C(=O)N[C@@H](CCC(N)=O)C(=O)O. The van der Waals surface area contributed by atoms with Crippen LogP contribution in [-0.4, -0.2) is 47.0 Å². The van der Waals surface area contributed by atoms with Crippen LogP contribution in [0.3, 0.4) is 0 Å². The molecule has 0 saturated carbocycles. The normalized spacial score (nSPS) is 11.1. The number of terminal acetylenes is 1. The van der Waals surface area contributed by atoms with Crippen molar-refractivity contribution in [3.8, 4) is 12.3 Å². The Hall–Kier alpha value is -2.23. The molecule has 0 aromatic carbocycles. The number of urea groups is 1. The highest BCUT2D eigenvalue weighted by Crippen LogP contribution is 1.99. The van der Waals surface area contributed by atoms with Crippen molar-refractivity contribution in [3.05, 3.63) is 0 Å². The summed E-state index contributed by atoms with van der Waals surface area (Å²) in [5.74, 6) is 0.456. The van der Waals surface area contributed by atoms with Gasteiger partial charge in [-0.25, -0.2) is 9.59 Å². The molecule has 4 N–H and O–H groups in total. The lowest BCUT2D eigenvalue weighted by Crippen LogP contribution is -2.48. The molecule has 0 fully saturated rings. The molecule has 3 amide bonds. The summed E-state index contributed by atoms with van der Waals surface area (Å²) in [5, 5.41) is 11.2. The van der Waals surface area contributed by atoms with Gasteiger partial charge < -0.3 is 21.1 Å². The Bertz CT molecular complexity index is 362. The Morgan fingerprint density at radius 1 is 1.50 bits per heavy atom. The summed E-state index contributed by atoms with van der Waals surface area (Å²) < 4.78 is 0. The highest BCUT2D eigenvalue weighted by Gasteiger charge is 2.22. The van der Waals surface area contributed by atoms with E-state index in [4.69, 9.17) is 17.3 Å². The molecule has 0 aliphatic rings. The maximum absolute atomic E-state index is 11.7. The number of nitrogens with one attached hydrogen (secondary N) is 1. The van der Waals surface area contributed by atoms with Crippen molar-refractivity contribution >= 4 is 17.9 Å². The molecule has 7 nitrogen and oxygen atoms in total. The number of carbonyl (C=O) groups is 3. The van der Waals surface area contributed by atoms with Crippen molar-refractivity contribution in [2.45, 2.75) is 25.8 Å². The van der Waals surface area contributed by atoms with E-state index in [1.165, 1.54) is 4.90 Å². The van der Waals surface area contributed by atoms with Crippen LogP contribution >= 0.6 is 0 Å². The summed E-state index contributed by atoms with van der Waals surface area (Å²) in [6, 6.07) is -1.73. The molecule has 0 aromatic rings. The Labute approximate surface area is 105 Å². The monoisotopic (exact) mass is 255 g/mol. The zero-order chi connectivity index (χ0) is 14.1. The zero-order valence-electron chi connectivity index (χ0n) is 10.2. The van der Waals surface area contributed by atoms with E-state index in [1.807, 2.05) is 0 Å². The lowest BCUT2D eigenvalue weighted by atomic mass is 10.1. The fourth-order valence-electron chi connectivity index (χ4n) is 1.22. The molecule has 0 rings (SSSR count). The lowest BCUT2D eigenvalue weighted by molar-refractivity contribution is -0.139. The summed E-state index contributed by atoms with van der Waals surface area (Å²) in [5.41, 5.74) is 4.92. The largest absolute Gasteiger partial charge is 0.480 e. The van der Waals surface area contributed by atoms with Crippen LogP contribution in [0.15, 0.2) is 0 Å². The number of hydrogen-bond donors (Lipinski definition) is 3. The summed E-state index contributed by atoms with van der Waals surface area (Å²) in [7, 11) is 0. The second-order valence-corrected chi connectivity index (χ2v) is 3.56. The molecule has 0 heterocycles. The molecule has 7 heteroatoms. The van der Waals surface area contributed by atoms with Crippen LogP contribution in [0.2, 0.25) is 0 Å². The van der Waals surface area contributed by atoms with Crippen LogP contribution in [0, 0.1) is 12.3 Å².